The molecule has 2 aromatic carbocycles. The number of carbonyl (C=O) groups excluding carboxylic acids is 2. The van der Waals surface area contributed by atoms with Gasteiger partial charge in [-0.2, -0.15) is 0 Å². The average Bonchev–Trinajstić information content (AvgIpc) is 3.29. The highest BCUT2D eigenvalue weighted by Gasteiger charge is 2.39. The number of aryl methyl sites for hydroxylation is 1. The van der Waals surface area contributed by atoms with Crippen molar-refractivity contribution in [1.29, 1.82) is 0 Å². The fourth-order valence-electron chi connectivity index (χ4n) is 3.17. The largest absolute Gasteiger partial charge is 0.464 e. The van der Waals surface area contributed by atoms with Crippen molar-refractivity contribution in [2.45, 2.75) is 19.4 Å². The standard InChI is InChI=1S/C19H16N2O5/c1-12-6-7-13-4-2-3-5-14(13)17(12)21(15-9-11-24-18(15)22)19(23)25-16-8-10-20-26-16/h2-8,10,15H,9,11H2,1H3. The number of benzene rings is 2. The molecule has 3 aromatic rings. The van der Waals surface area contributed by atoms with Crippen molar-refractivity contribution in [2.75, 3.05) is 11.5 Å². The van der Waals surface area contributed by atoms with E-state index < -0.39 is 18.1 Å². The first kappa shape index (κ1) is 16.1. The maximum Gasteiger partial charge on any atom is 0.423 e. The minimum Gasteiger partial charge on any atom is -0.464 e. The second kappa shape index (κ2) is 6.51. The quantitative estimate of drug-likeness (QED) is 0.672. The molecular weight excluding hydrogens is 336 g/mol. The molecule has 132 valence electrons. The van der Waals surface area contributed by atoms with E-state index in [9.17, 15) is 9.59 Å². The topological polar surface area (TPSA) is 81.9 Å². The molecule has 2 heterocycles. The molecule has 0 saturated carbocycles. The van der Waals surface area contributed by atoms with E-state index in [1.165, 1.54) is 17.2 Å². The van der Waals surface area contributed by atoms with Gasteiger partial charge < -0.3 is 14.0 Å². The first-order valence-electron chi connectivity index (χ1n) is 8.22. The molecule has 1 unspecified atom stereocenters. The Bertz CT molecular complexity index is 967. The number of ether oxygens (including phenoxy) is 2. The third kappa shape index (κ3) is 2.77. The van der Waals surface area contributed by atoms with Crippen LogP contribution in [0.15, 0.2) is 53.2 Å². The van der Waals surface area contributed by atoms with Crippen molar-refractivity contribution < 1.29 is 23.6 Å². The average molecular weight is 352 g/mol. The summed E-state index contributed by atoms with van der Waals surface area (Å²) in [5.41, 5.74) is 1.47. The van der Waals surface area contributed by atoms with Crippen LogP contribution < -0.4 is 9.64 Å². The van der Waals surface area contributed by atoms with E-state index in [-0.39, 0.29) is 12.6 Å². The predicted octanol–water partition coefficient (Wildman–Crippen LogP) is 3.46. The third-order valence-electron chi connectivity index (χ3n) is 4.36. The molecule has 1 fully saturated rings. The first-order chi connectivity index (χ1) is 12.6. The molecular formula is C19H16N2O5. The van der Waals surface area contributed by atoms with Gasteiger partial charge in [-0.25, -0.2) is 9.59 Å². The van der Waals surface area contributed by atoms with Crippen LogP contribution in [0.1, 0.15) is 12.0 Å². The van der Waals surface area contributed by atoms with E-state index in [1.807, 2.05) is 43.3 Å². The van der Waals surface area contributed by atoms with Crippen molar-refractivity contribution in [3.05, 3.63) is 54.2 Å². The van der Waals surface area contributed by atoms with Gasteiger partial charge in [0.05, 0.1) is 18.5 Å². The van der Waals surface area contributed by atoms with E-state index in [0.717, 1.165) is 16.3 Å². The van der Waals surface area contributed by atoms with Gasteiger partial charge in [-0.05, 0) is 17.9 Å². The normalized spacial score (nSPS) is 16.5. The number of fused-ring (bicyclic) bond motifs is 1. The maximum absolute atomic E-state index is 12.9. The maximum atomic E-state index is 12.9. The minimum absolute atomic E-state index is 0.0377. The number of anilines is 1. The zero-order valence-electron chi connectivity index (χ0n) is 14.0. The van der Waals surface area contributed by atoms with Crippen LogP contribution in [0.3, 0.4) is 0 Å². The zero-order valence-corrected chi connectivity index (χ0v) is 14.0. The molecule has 1 aliphatic rings. The van der Waals surface area contributed by atoms with Gasteiger partial charge in [-0.1, -0.05) is 41.6 Å². The molecule has 1 aromatic heterocycles. The Morgan fingerprint density at radius 3 is 2.81 bits per heavy atom. The highest BCUT2D eigenvalue weighted by Crippen LogP contribution is 2.34. The van der Waals surface area contributed by atoms with E-state index in [0.29, 0.717) is 12.1 Å². The van der Waals surface area contributed by atoms with Crippen molar-refractivity contribution in [1.82, 2.24) is 5.16 Å². The number of aromatic nitrogens is 1. The smallest absolute Gasteiger partial charge is 0.423 e. The molecule has 0 aliphatic carbocycles. The second-order valence-corrected chi connectivity index (χ2v) is 5.99. The van der Waals surface area contributed by atoms with Gasteiger partial charge in [-0.15, -0.1) is 0 Å². The molecule has 0 bridgehead atoms. The minimum atomic E-state index is -0.755. The summed E-state index contributed by atoms with van der Waals surface area (Å²) in [6.45, 7) is 2.15. The number of rotatable bonds is 3. The Hall–Kier alpha value is -3.35. The highest BCUT2D eigenvalue weighted by atomic mass is 16.7. The van der Waals surface area contributed by atoms with Crippen LogP contribution in [0.25, 0.3) is 10.8 Å². The number of nitrogens with zero attached hydrogens (tertiary/aromatic N) is 2. The van der Waals surface area contributed by atoms with E-state index in [4.69, 9.17) is 14.0 Å². The molecule has 1 amide bonds. The SMILES string of the molecule is Cc1ccc2ccccc2c1N(C(=O)Oc1ccno1)C1CCOC1=O. The van der Waals surface area contributed by atoms with Crippen LogP contribution in [-0.4, -0.2) is 29.9 Å². The Balaban J connectivity index is 1.84. The number of cyclic esters (lactones) is 1. The molecule has 7 nitrogen and oxygen atoms in total. The molecule has 7 heteroatoms. The number of hydrogen-bond donors (Lipinski definition) is 0. The monoisotopic (exact) mass is 352 g/mol. The van der Waals surface area contributed by atoms with Gasteiger partial charge >= 0.3 is 18.0 Å². The fourth-order valence-corrected chi connectivity index (χ4v) is 3.17. The molecule has 0 N–H and O–H groups in total. The summed E-state index contributed by atoms with van der Waals surface area (Å²) >= 11 is 0. The summed E-state index contributed by atoms with van der Waals surface area (Å²) in [5.74, 6) is -0.490. The first-order valence-corrected chi connectivity index (χ1v) is 8.22. The summed E-state index contributed by atoms with van der Waals surface area (Å²) in [4.78, 5) is 26.5. The Kier molecular flexibility index (Phi) is 4.04. The van der Waals surface area contributed by atoms with Crippen LogP contribution >= 0.6 is 0 Å². The Morgan fingerprint density at radius 1 is 1.23 bits per heavy atom. The molecule has 1 saturated heterocycles. The van der Waals surface area contributed by atoms with Crippen molar-refractivity contribution in [2.24, 2.45) is 0 Å². The predicted molar refractivity (Wildman–Crippen MR) is 93.1 cm³/mol. The van der Waals surface area contributed by atoms with Gasteiger partial charge in [-0.3, -0.25) is 4.90 Å². The molecule has 26 heavy (non-hydrogen) atoms. The van der Waals surface area contributed by atoms with Gasteiger partial charge in [0, 0.05) is 17.9 Å². The summed E-state index contributed by atoms with van der Waals surface area (Å²) < 4.78 is 15.2. The summed E-state index contributed by atoms with van der Waals surface area (Å²) in [6.07, 6.45) is 1.05. The highest BCUT2D eigenvalue weighted by molar-refractivity contribution is 6.06. The summed E-state index contributed by atoms with van der Waals surface area (Å²) in [7, 11) is 0. The summed E-state index contributed by atoms with van der Waals surface area (Å²) in [6, 6.07) is 12.2. The lowest BCUT2D eigenvalue weighted by molar-refractivity contribution is -0.139. The van der Waals surface area contributed by atoms with Crippen molar-refractivity contribution >= 4 is 28.5 Å². The van der Waals surface area contributed by atoms with Crippen LogP contribution in [0.4, 0.5) is 10.5 Å². The lowest BCUT2D eigenvalue weighted by Crippen LogP contribution is -2.45. The van der Waals surface area contributed by atoms with Gasteiger partial charge in [0.15, 0.2) is 0 Å². The zero-order chi connectivity index (χ0) is 18.1. The van der Waals surface area contributed by atoms with E-state index in [2.05, 4.69) is 5.16 Å². The lowest BCUT2D eigenvalue weighted by Gasteiger charge is -2.27. The van der Waals surface area contributed by atoms with Gasteiger partial charge in [0.1, 0.15) is 6.04 Å². The number of amides is 1. The molecule has 4 rings (SSSR count). The molecule has 0 radical (unpaired) electrons. The van der Waals surface area contributed by atoms with Crippen LogP contribution in [-0.2, 0) is 9.53 Å². The van der Waals surface area contributed by atoms with Crippen LogP contribution in [0.2, 0.25) is 0 Å². The van der Waals surface area contributed by atoms with Crippen molar-refractivity contribution in [3.63, 3.8) is 0 Å². The van der Waals surface area contributed by atoms with Gasteiger partial charge in [0.25, 0.3) is 0 Å². The Labute approximate surface area is 149 Å². The second-order valence-electron chi connectivity index (χ2n) is 5.99. The van der Waals surface area contributed by atoms with Crippen LogP contribution in [0.5, 0.6) is 5.95 Å². The molecule has 0 spiro atoms. The lowest BCUT2D eigenvalue weighted by atomic mass is 10.0. The van der Waals surface area contributed by atoms with Crippen LogP contribution in [0, 0.1) is 6.92 Å². The summed E-state index contributed by atoms with van der Waals surface area (Å²) in [5, 5.41) is 5.33. The molecule has 1 atom stereocenters. The number of esters is 1. The third-order valence-corrected chi connectivity index (χ3v) is 4.36. The number of carbonyl (C=O) groups is 2. The van der Waals surface area contributed by atoms with Gasteiger partial charge in [0.2, 0.25) is 0 Å². The van der Waals surface area contributed by atoms with Crippen molar-refractivity contribution in [3.8, 4) is 5.95 Å². The van der Waals surface area contributed by atoms with E-state index in [1.54, 1.807) is 0 Å². The fraction of sp³-hybridized carbons (Fsp3) is 0.211. The van der Waals surface area contributed by atoms with E-state index >= 15 is 0 Å². The number of hydrogen-bond acceptors (Lipinski definition) is 6. The Morgan fingerprint density at radius 2 is 2.08 bits per heavy atom. The molecule has 1 aliphatic heterocycles.